The predicted octanol–water partition coefficient (Wildman–Crippen LogP) is 3.67. The first-order chi connectivity index (χ1) is 12.7. The average molecular weight is 373 g/mol. The number of anilines is 2. The second-order valence-electron chi connectivity index (χ2n) is 6.41. The molecule has 6 heteroatoms. The smallest absolute Gasteiger partial charge is 0.319 e. The van der Waals surface area contributed by atoms with Crippen molar-refractivity contribution in [1.29, 1.82) is 0 Å². The summed E-state index contributed by atoms with van der Waals surface area (Å²) < 4.78 is 0. The third-order valence-corrected chi connectivity index (χ3v) is 4.75. The third-order valence-electron chi connectivity index (χ3n) is 4.51. The number of rotatable bonds is 6. The Kier molecular flexibility index (Phi) is 6.75. The van der Waals surface area contributed by atoms with Crippen LogP contribution in [-0.4, -0.2) is 50.2 Å². The Balaban J connectivity index is 1.30. The van der Waals surface area contributed by atoms with Gasteiger partial charge in [0.1, 0.15) is 0 Å². The van der Waals surface area contributed by atoms with Crippen molar-refractivity contribution in [1.82, 2.24) is 10.2 Å². The van der Waals surface area contributed by atoms with Gasteiger partial charge < -0.3 is 15.5 Å². The predicted molar refractivity (Wildman–Crippen MR) is 108 cm³/mol. The van der Waals surface area contributed by atoms with E-state index in [0.29, 0.717) is 17.3 Å². The highest BCUT2D eigenvalue weighted by molar-refractivity contribution is 6.30. The lowest BCUT2D eigenvalue weighted by molar-refractivity contribution is 0.244. The minimum atomic E-state index is -0.193. The molecule has 0 atom stereocenters. The standard InChI is InChI=1S/C20H25ClN4O/c21-17-6-4-7-18(16-17)23-20(26)22-10-5-11-24-12-14-25(15-13-24)19-8-2-1-3-9-19/h1-4,6-9,16H,5,10-15H2,(H2,22,23,26). The number of para-hydroxylation sites is 1. The molecule has 5 nitrogen and oxygen atoms in total. The highest BCUT2D eigenvalue weighted by Crippen LogP contribution is 2.16. The monoisotopic (exact) mass is 372 g/mol. The second kappa shape index (κ2) is 9.46. The Labute approximate surface area is 159 Å². The SMILES string of the molecule is O=C(NCCCN1CCN(c2ccccc2)CC1)Nc1cccc(Cl)c1. The number of urea groups is 1. The Hall–Kier alpha value is -2.24. The molecule has 1 saturated heterocycles. The van der Waals surface area contributed by atoms with Gasteiger partial charge in [0.05, 0.1) is 0 Å². The second-order valence-corrected chi connectivity index (χ2v) is 6.85. The Morgan fingerprint density at radius 2 is 1.77 bits per heavy atom. The van der Waals surface area contributed by atoms with E-state index >= 15 is 0 Å². The van der Waals surface area contributed by atoms with Crippen LogP contribution in [0.15, 0.2) is 54.6 Å². The molecule has 2 N–H and O–H groups in total. The summed E-state index contributed by atoms with van der Waals surface area (Å²) in [5.74, 6) is 0. The lowest BCUT2D eigenvalue weighted by Crippen LogP contribution is -2.47. The number of amides is 2. The highest BCUT2D eigenvalue weighted by atomic mass is 35.5. The van der Waals surface area contributed by atoms with E-state index in [9.17, 15) is 4.79 Å². The van der Waals surface area contributed by atoms with E-state index in [2.05, 4.69) is 50.8 Å². The fraction of sp³-hybridized carbons (Fsp3) is 0.350. The van der Waals surface area contributed by atoms with Crippen molar-refractivity contribution in [3.8, 4) is 0 Å². The maximum atomic E-state index is 11.9. The molecule has 0 radical (unpaired) electrons. The lowest BCUT2D eigenvalue weighted by Gasteiger charge is -2.36. The van der Waals surface area contributed by atoms with Gasteiger partial charge in [-0.15, -0.1) is 0 Å². The van der Waals surface area contributed by atoms with Crippen LogP contribution in [0.2, 0.25) is 5.02 Å². The Bertz CT molecular complexity index is 702. The molecule has 1 fully saturated rings. The molecule has 2 aromatic rings. The Morgan fingerprint density at radius 1 is 1.00 bits per heavy atom. The number of hydrogen-bond donors (Lipinski definition) is 2. The van der Waals surface area contributed by atoms with Gasteiger partial charge in [-0.25, -0.2) is 4.79 Å². The van der Waals surface area contributed by atoms with E-state index in [-0.39, 0.29) is 6.03 Å². The van der Waals surface area contributed by atoms with Crippen molar-refractivity contribution < 1.29 is 4.79 Å². The Morgan fingerprint density at radius 3 is 2.50 bits per heavy atom. The zero-order chi connectivity index (χ0) is 18.2. The molecule has 1 heterocycles. The van der Waals surface area contributed by atoms with Gasteiger partial charge in [-0.3, -0.25) is 4.90 Å². The van der Waals surface area contributed by atoms with Gasteiger partial charge >= 0.3 is 6.03 Å². The summed E-state index contributed by atoms with van der Waals surface area (Å²) >= 11 is 5.91. The van der Waals surface area contributed by atoms with Crippen LogP contribution in [0.25, 0.3) is 0 Å². The maximum absolute atomic E-state index is 11.9. The number of nitrogens with zero attached hydrogens (tertiary/aromatic N) is 2. The zero-order valence-corrected chi connectivity index (χ0v) is 15.6. The molecule has 0 unspecified atom stereocenters. The molecule has 0 spiro atoms. The first-order valence-electron chi connectivity index (χ1n) is 9.03. The first-order valence-corrected chi connectivity index (χ1v) is 9.41. The number of piperazine rings is 1. The molecule has 0 saturated carbocycles. The molecule has 3 rings (SSSR count). The molecule has 2 aromatic carbocycles. The van der Waals surface area contributed by atoms with Gasteiger partial charge in [-0.1, -0.05) is 35.9 Å². The van der Waals surface area contributed by atoms with Gasteiger partial charge in [-0.05, 0) is 43.3 Å². The largest absolute Gasteiger partial charge is 0.369 e. The van der Waals surface area contributed by atoms with Crippen LogP contribution in [0.1, 0.15) is 6.42 Å². The average Bonchev–Trinajstić information content (AvgIpc) is 2.66. The van der Waals surface area contributed by atoms with Crippen molar-refractivity contribution in [2.45, 2.75) is 6.42 Å². The molecular formula is C20H25ClN4O. The topological polar surface area (TPSA) is 47.6 Å². The van der Waals surface area contributed by atoms with Crippen LogP contribution >= 0.6 is 11.6 Å². The van der Waals surface area contributed by atoms with E-state index < -0.39 is 0 Å². The van der Waals surface area contributed by atoms with Gasteiger partial charge in [0, 0.05) is 49.1 Å². The van der Waals surface area contributed by atoms with Crippen molar-refractivity contribution in [3.05, 3.63) is 59.6 Å². The van der Waals surface area contributed by atoms with E-state index in [1.807, 2.05) is 12.1 Å². The van der Waals surface area contributed by atoms with Crippen LogP contribution < -0.4 is 15.5 Å². The fourth-order valence-corrected chi connectivity index (χ4v) is 3.30. The molecule has 0 aromatic heterocycles. The quantitative estimate of drug-likeness (QED) is 0.760. The van der Waals surface area contributed by atoms with E-state index in [0.717, 1.165) is 39.1 Å². The van der Waals surface area contributed by atoms with Gasteiger partial charge in [0.25, 0.3) is 0 Å². The maximum Gasteiger partial charge on any atom is 0.319 e. The summed E-state index contributed by atoms with van der Waals surface area (Å²) in [4.78, 5) is 16.8. The summed E-state index contributed by atoms with van der Waals surface area (Å²) in [6.45, 7) is 5.87. The molecule has 1 aliphatic rings. The first kappa shape index (κ1) is 18.5. The summed E-state index contributed by atoms with van der Waals surface area (Å²) in [5, 5.41) is 6.29. The van der Waals surface area contributed by atoms with Gasteiger partial charge in [-0.2, -0.15) is 0 Å². The molecule has 1 aliphatic heterocycles. The van der Waals surface area contributed by atoms with Crippen LogP contribution in [0.5, 0.6) is 0 Å². The minimum Gasteiger partial charge on any atom is -0.369 e. The minimum absolute atomic E-state index is 0.193. The van der Waals surface area contributed by atoms with Gasteiger partial charge in [0.15, 0.2) is 0 Å². The number of carbonyl (C=O) groups is 1. The molecule has 0 bridgehead atoms. The molecule has 0 aliphatic carbocycles. The summed E-state index contributed by atoms with van der Waals surface area (Å²) in [7, 11) is 0. The normalized spacial score (nSPS) is 14.9. The van der Waals surface area contributed by atoms with E-state index in [1.165, 1.54) is 5.69 Å². The molecule has 138 valence electrons. The number of hydrogen-bond acceptors (Lipinski definition) is 3. The molecular weight excluding hydrogens is 348 g/mol. The van der Waals surface area contributed by atoms with Crippen molar-refractivity contribution in [2.75, 3.05) is 49.5 Å². The summed E-state index contributed by atoms with van der Waals surface area (Å²) in [5.41, 5.74) is 2.00. The number of nitrogens with one attached hydrogen (secondary N) is 2. The highest BCUT2D eigenvalue weighted by Gasteiger charge is 2.16. The van der Waals surface area contributed by atoms with E-state index in [4.69, 9.17) is 11.6 Å². The van der Waals surface area contributed by atoms with Crippen molar-refractivity contribution >= 4 is 29.0 Å². The molecule has 2 amide bonds. The number of carbonyl (C=O) groups excluding carboxylic acids is 1. The lowest BCUT2D eigenvalue weighted by atomic mass is 10.2. The van der Waals surface area contributed by atoms with Crippen LogP contribution in [0, 0.1) is 0 Å². The number of benzene rings is 2. The number of halogens is 1. The van der Waals surface area contributed by atoms with Crippen molar-refractivity contribution in [3.63, 3.8) is 0 Å². The van der Waals surface area contributed by atoms with Crippen molar-refractivity contribution in [2.24, 2.45) is 0 Å². The van der Waals surface area contributed by atoms with Crippen LogP contribution in [0.4, 0.5) is 16.2 Å². The zero-order valence-electron chi connectivity index (χ0n) is 14.8. The van der Waals surface area contributed by atoms with Gasteiger partial charge in [0.2, 0.25) is 0 Å². The summed E-state index contributed by atoms with van der Waals surface area (Å²) in [6.07, 6.45) is 0.939. The van der Waals surface area contributed by atoms with Crippen LogP contribution in [-0.2, 0) is 0 Å². The van der Waals surface area contributed by atoms with Crippen LogP contribution in [0.3, 0.4) is 0 Å². The van der Waals surface area contributed by atoms with E-state index in [1.54, 1.807) is 12.1 Å². The molecule has 26 heavy (non-hydrogen) atoms. The summed E-state index contributed by atoms with van der Waals surface area (Å²) in [6, 6.07) is 17.5. The third kappa shape index (κ3) is 5.64. The fourth-order valence-electron chi connectivity index (χ4n) is 3.11.